The van der Waals surface area contributed by atoms with Gasteiger partial charge in [-0.25, -0.2) is 9.37 Å². The van der Waals surface area contributed by atoms with Gasteiger partial charge in [-0.1, -0.05) is 6.07 Å². The summed E-state index contributed by atoms with van der Waals surface area (Å²) in [4.78, 5) is 19.4. The summed E-state index contributed by atoms with van der Waals surface area (Å²) in [5, 5.41) is 23.2. The van der Waals surface area contributed by atoms with Gasteiger partial charge in [0.25, 0.3) is 5.91 Å². The molecule has 2 atom stereocenters. The third-order valence-electron chi connectivity index (χ3n) is 4.41. The van der Waals surface area contributed by atoms with Gasteiger partial charge in [0, 0.05) is 23.2 Å². The smallest absolute Gasteiger partial charge is 0.393 e. The molecule has 0 aliphatic heterocycles. The van der Waals surface area contributed by atoms with E-state index in [4.69, 9.17) is 10.8 Å². The number of rotatable bonds is 7. The minimum absolute atomic E-state index is 0.00555. The number of nitrogens with two attached hydrogens (primary N) is 1. The minimum Gasteiger partial charge on any atom is -0.393 e. The molecule has 3 aromatic rings. The quantitative estimate of drug-likeness (QED) is 0.348. The number of benzene rings is 1. The van der Waals surface area contributed by atoms with E-state index >= 15 is 0 Å². The number of aliphatic hydroxyl groups is 2. The van der Waals surface area contributed by atoms with E-state index < -0.39 is 42.2 Å². The fraction of sp³-hybridized carbons (Fsp3) is 0.263. The number of H-pyrrole nitrogens is 1. The Labute approximate surface area is 177 Å². The van der Waals surface area contributed by atoms with Gasteiger partial charge in [0.15, 0.2) is 0 Å². The topological polar surface area (TPSA) is 124 Å². The van der Waals surface area contributed by atoms with E-state index in [0.717, 1.165) is 23.5 Å². The maximum Gasteiger partial charge on any atom is 0.419 e. The molecule has 2 aromatic heterocycles. The number of halogens is 4. The van der Waals surface area contributed by atoms with Crippen LogP contribution in [0.25, 0.3) is 11.3 Å². The van der Waals surface area contributed by atoms with Crippen LogP contribution in [0.3, 0.4) is 0 Å². The van der Waals surface area contributed by atoms with Crippen molar-refractivity contribution in [2.75, 3.05) is 13.2 Å². The van der Waals surface area contributed by atoms with E-state index in [2.05, 4.69) is 15.3 Å². The predicted molar refractivity (Wildman–Crippen MR) is 105 cm³/mol. The number of nitrogens with one attached hydrogen (secondary N) is 2. The summed E-state index contributed by atoms with van der Waals surface area (Å²) in [6.45, 7) is -0.496. The Kier molecular flexibility index (Phi) is 6.74. The molecule has 0 saturated heterocycles. The van der Waals surface area contributed by atoms with E-state index in [1.807, 2.05) is 0 Å². The van der Waals surface area contributed by atoms with Gasteiger partial charge in [0.05, 0.1) is 23.9 Å². The average Bonchev–Trinajstić information content (AvgIpc) is 3.40. The summed E-state index contributed by atoms with van der Waals surface area (Å²) in [6, 6.07) is 4.64. The molecule has 7 nitrogen and oxygen atoms in total. The molecule has 0 bridgehead atoms. The first-order valence-corrected chi connectivity index (χ1v) is 9.83. The monoisotopic (exact) mass is 458 g/mol. The molecule has 166 valence electrons. The van der Waals surface area contributed by atoms with Crippen molar-refractivity contribution < 1.29 is 32.6 Å². The Morgan fingerprint density at radius 3 is 2.65 bits per heavy atom. The molecule has 3 rings (SSSR count). The zero-order valence-electron chi connectivity index (χ0n) is 15.8. The molecule has 1 unspecified atom stereocenters. The van der Waals surface area contributed by atoms with Crippen LogP contribution in [0.2, 0.25) is 0 Å². The first-order chi connectivity index (χ1) is 14.6. The maximum atomic E-state index is 13.8. The third-order valence-corrected chi connectivity index (χ3v) is 5.39. The maximum absolute atomic E-state index is 13.8. The first-order valence-electron chi connectivity index (χ1n) is 8.95. The van der Waals surface area contributed by atoms with Crippen molar-refractivity contribution in [1.82, 2.24) is 15.3 Å². The van der Waals surface area contributed by atoms with Gasteiger partial charge in [-0.15, -0.1) is 11.3 Å². The summed E-state index contributed by atoms with van der Waals surface area (Å²) < 4.78 is 52.0. The second-order valence-corrected chi connectivity index (χ2v) is 7.44. The number of hydrogen-bond donors (Lipinski definition) is 5. The molecular formula is C19H18F4N4O3S. The molecule has 1 aromatic carbocycles. The number of aromatic nitrogens is 2. The highest BCUT2D eigenvalue weighted by Crippen LogP contribution is 2.33. The Morgan fingerprint density at radius 1 is 1.29 bits per heavy atom. The molecular weight excluding hydrogens is 440 g/mol. The van der Waals surface area contributed by atoms with E-state index in [1.165, 1.54) is 17.5 Å². The van der Waals surface area contributed by atoms with Crippen molar-refractivity contribution in [2.24, 2.45) is 5.73 Å². The van der Waals surface area contributed by atoms with Gasteiger partial charge in [-0.2, -0.15) is 13.2 Å². The summed E-state index contributed by atoms with van der Waals surface area (Å²) in [6.07, 6.45) is -5.95. The number of carbonyl (C=O) groups excluding carboxylic acids is 1. The highest BCUT2D eigenvalue weighted by molar-refractivity contribution is 7.09. The van der Waals surface area contributed by atoms with Crippen molar-refractivity contribution in [3.63, 3.8) is 0 Å². The molecule has 31 heavy (non-hydrogen) atoms. The Bertz CT molecular complexity index is 1070. The van der Waals surface area contributed by atoms with Gasteiger partial charge in [-0.3, -0.25) is 4.79 Å². The lowest BCUT2D eigenvalue weighted by Crippen LogP contribution is -2.33. The molecule has 0 fully saturated rings. The van der Waals surface area contributed by atoms with E-state index in [1.54, 1.807) is 0 Å². The molecule has 12 heteroatoms. The van der Waals surface area contributed by atoms with Gasteiger partial charge < -0.3 is 26.2 Å². The van der Waals surface area contributed by atoms with E-state index in [0.29, 0.717) is 11.1 Å². The Balaban J connectivity index is 1.75. The zero-order valence-corrected chi connectivity index (χ0v) is 16.6. The van der Waals surface area contributed by atoms with Crippen LogP contribution in [0.15, 0.2) is 35.7 Å². The lowest BCUT2D eigenvalue weighted by atomic mass is 10.1. The normalized spacial score (nSPS) is 13.8. The van der Waals surface area contributed by atoms with Crippen molar-refractivity contribution in [2.45, 2.75) is 18.3 Å². The average molecular weight is 458 g/mol. The number of aliphatic hydroxyl groups excluding tert-OH is 2. The minimum atomic E-state index is -4.80. The van der Waals surface area contributed by atoms with Crippen LogP contribution in [0, 0.1) is 5.82 Å². The molecule has 6 N–H and O–H groups in total. The van der Waals surface area contributed by atoms with Gasteiger partial charge >= 0.3 is 6.18 Å². The number of aromatic amines is 1. The number of alkyl halides is 3. The lowest BCUT2D eigenvalue weighted by molar-refractivity contribution is -0.139. The molecule has 1 amide bonds. The van der Waals surface area contributed by atoms with Crippen LogP contribution in [0.1, 0.15) is 38.9 Å². The van der Waals surface area contributed by atoms with Gasteiger partial charge in [0.1, 0.15) is 22.6 Å². The van der Waals surface area contributed by atoms with Crippen LogP contribution in [0.5, 0.6) is 0 Å². The Hall–Kier alpha value is -2.80. The molecule has 0 radical (unpaired) electrons. The van der Waals surface area contributed by atoms with Crippen LogP contribution >= 0.6 is 11.3 Å². The van der Waals surface area contributed by atoms with E-state index in [9.17, 15) is 27.5 Å². The summed E-state index contributed by atoms with van der Waals surface area (Å²) >= 11 is 1.15. The number of thiazole rings is 1. The summed E-state index contributed by atoms with van der Waals surface area (Å²) in [5.41, 5.74) is 5.06. The summed E-state index contributed by atoms with van der Waals surface area (Å²) in [7, 11) is 0. The van der Waals surface area contributed by atoms with Crippen LogP contribution in [0.4, 0.5) is 17.6 Å². The van der Waals surface area contributed by atoms with Gasteiger partial charge in [0.2, 0.25) is 0 Å². The molecule has 0 aliphatic carbocycles. The number of nitrogens with zero attached hydrogens (tertiary/aromatic N) is 1. The van der Waals surface area contributed by atoms with Gasteiger partial charge in [-0.05, 0) is 24.3 Å². The van der Waals surface area contributed by atoms with Crippen molar-refractivity contribution >= 4 is 17.2 Å². The summed E-state index contributed by atoms with van der Waals surface area (Å²) in [5.74, 6) is -1.98. The fourth-order valence-corrected chi connectivity index (χ4v) is 3.70. The molecule has 0 saturated carbocycles. The van der Waals surface area contributed by atoms with Crippen molar-refractivity contribution in [3.05, 3.63) is 63.5 Å². The SMILES string of the molecule is NC[C@H](NC(=O)c1ccc(-c2ccc(C(F)(F)F)c(F)c2)[nH]1)c1nc(C(O)CO)cs1. The standard InChI is InChI=1S/C19H18F4N4O3S/c20-11-5-9(1-2-10(11)19(21,22)23)12-3-4-13(25-12)17(30)26-14(6-24)18-27-15(8-31-18)16(29)7-28/h1-5,8,14,16,25,28-29H,6-7,24H2,(H,26,30)/t14-,16?/m0/s1. The number of carbonyl (C=O) groups is 1. The highest BCUT2D eigenvalue weighted by Gasteiger charge is 2.34. The van der Waals surface area contributed by atoms with Crippen LogP contribution in [-0.4, -0.2) is 39.2 Å². The number of amides is 1. The van der Waals surface area contributed by atoms with Crippen LogP contribution < -0.4 is 11.1 Å². The van der Waals surface area contributed by atoms with Crippen LogP contribution in [-0.2, 0) is 6.18 Å². The van der Waals surface area contributed by atoms with E-state index in [-0.39, 0.29) is 29.2 Å². The predicted octanol–water partition coefficient (Wildman–Crippen LogP) is 2.75. The first kappa shape index (κ1) is 22.9. The molecule has 2 heterocycles. The molecule has 0 aliphatic rings. The second kappa shape index (κ2) is 9.14. The molecule has 0 spiro atoms. The third kappa shape index (κ3) is 5.10. The zero-order chi connectivity index (χ0) is 22.8. The number of hydrogen-bond acceptors (Lipinski definition) is 6. The largest absolute Gasteiger partial charge is 0.419 e. The van der Waals surface area contributed by atoms with Crippen molar-refractivity contribution in [3.8, 4) is 11.3 Å². The lowest BCUT2D eigenvalue weighted by Gasteiger charge is -2.14. The van der Waals surface area contributed by atoms with Crippen molar-refractivity contribution in [1.29, 1.82) is 0 Å². The fourth-order valence-electron chi connectivity index (χ4n) is 2.77. The second-order valence-electron chi connectivity index (χ2n) is 6.55. The highest BCUT2D eigenvalue weighted by atomic mass is 32.1. The Morgan fingerprint density at radius 2 is 2.03 bits per heavy atom.